The molecule has 0 bridgehead atoms. The molecule has 1 aromatic rings. The van der Waals surface area contributed by atoms with Gasteiger partial charge in [-0.05, 0) is 65.2 Å². The van der Waals surface area contributed by atoms with Gasteiger partial charge in [-0.25, -0.2) is 0 Å². The van der Waals surface area contributed by atoms with E-state index in [9.17, 15) is 0 Å². The zero-order valence-corrected chi connectivity index (χ0v) is 14.6. The molecule has 0 radical (unpaired) electrons. The standard InChI is InChI=1S/C22H27N/c1-22(2,3)20(13-11-17-8-5-4-6-9-17)18-12-14-21-19(16-18)10-7-15-23-21/h5,8-9,11-14,16H,4,6-7,10,15H2,1-3H3/b13-11?,20-18-. The first-order valence-corrected chi connectivity index (χ1v) is 8.77. The highest BCUT2D eigenvalue weighted by Gasteiger charge is 2.16. The van der Waals surface area contributed by atoms with Crippen LogP contribution in [0.3, 0.4) is 0 Å². The summed E-state index contributed by atoms with van der Waals surface area (Å²) in [7, 11) is 0. The lowest BCUT2D eigenvalue weighted by Crippen LogP contribution is -2.23. The summed E-state index contributed by atoms with van der Waals surface area (Å²) in [6.07, 6.45) is 16.0. The van der Waals surface area contributed by atoms with Gasteiger partial charge >= 0.3 is 0 Å². The molecule has 2 aliphatic rings. The Morgan fingerprint density at radius 2 is 2.04 bits per heavy atom. The van der Waals surface area contributed by atoms with Crippen LogP contribution in [0.25, 0.3) is 5.57 Å². The van der Waals surface area contributed by atoms with Crippen LogP contribution in [0.4, 0.5) is 0 Å². The molecule has 0 fully saturated rings. The molecule has 0 aromatic heterocycles. The van der Waals surface area contributed by atoms with E-state index in [1.807, 2.05) is 0 Å². The van der Waals surface area contributed by atoms with E-state index in [-0.39, 0.29) is 5.41 Å². The third kappa shape index (κ3) is 3.90. The molecule has 1 heteroatoms. The molecule has 0 N–H and O–H groups in total. The van der Waals surface area contributed by atoms with Crippen molar-refractivity contribution in [2.24, 2.45) is 10.4 Å². The van der Waals surface area contributed by atoms with Crippen molar-refractivity contribution in [2.75, 3.05) is 6.54 Å². The highest BCUT2D eigenvalue weighted by Crippen LogP contribution is 2.27. The van der Waals surface area contributed by atoms with Gasteiger partial charge in [0.1, 0.15) is 0 Å². The summed E-state index contributed by atoms with van der Waals surface area (Å²) in [5.41, 5.74) is 4.24. The number of benzene rings is 1. The first-order valence-electron chi connectivity index (χ1n) is 8.77. The van der Waals surface area contributed by atoms with Crippen LogP contribution in [0, 0.1) is 5.41 Å². The number of hydrogen-bond donors (Lipinski definition) is 0. The van der Waals surface area contributed by atoms with E-state index in [0.29, 0.717) is 0 Å². The number of fused-ring (bicyclic) bond motifs is 1. The molecule has 1 heterocycles. The molecule has 1 nitrogen and oxygen atoms in total. The molecule has 0 saturated heterocycles. The summed E-state index contributed by atoms with van der Waals surface area (Å²) in [5.74, 6) is 0. The van der Waals surface area contributed by atoms with E-state index in [0.717, 1.165) is 19.4 Å². The van der Waals surface area contributed by atoms with Crippen LogP contribution in [0.15, 0.2) is 59.1 Å². The van der Waals surface area contributed by atoms with Crippen LogP contribution >= 0.6 is 0 Å². The molecule has 0 spiro atoms. The van der Waals surface area contributed by atoms with Gasteiger partial charge in [-0.2, -0.15) is 0 Å². The maximum Gasteiger partial charge on any atom is 0.0606 e. The van der Waals surface area contributed by atoms with Gasteiger partial charge in [-0.15, -0.1) is 0 Å². The third-order valence-corrected chi connectivity index (χ3v) is 4.55. The first-order chi connectivity index (χ1) is 11.0. The Morgan fingerprint density at radius 1 is 1.17 bits per heavy atom. The molecule has 0 atom stereocenters. The van der Waals surface area contributed by atoms with Crippen molar-refractivity contribution in [3.8, 4) is 0 Å². The Morgan fingerprint density at radius 3 is 2.78 bits per heavy atom. The maximum absolute atomic E-state index is 4.63. The van der Waals surface area contributed by atoms with Crippen molar-refractivity contribution in [2.45, 2.75) is 46.5 Å². The summed E-state index contributed by atoms with van der Waals surface area (Å²) >= 11 is 0. The Balaban J connectivity index is 2.07. The van der Waals surface area contributed by atoms with Crippen molar-refractivity contribution < 1.29 is 0 Å². The Kier molecular flexibility index (Phi) is 4.66. The summed E-state index contributed by atoms with van der Waals surface area (Å²) in [4.78, 5) is 4.63. The Labute approximate surface area is 139 Å². The summed E-state index contributed by atoms with van der Waals surface area (Å²) in [6, 6.07) is 6.79. The third-order valence-electron chi connectivity index (χ3n) is 4.55. The summed E-state index contributed by atoms with van der Waals surface area (Å²) in [5, 5.41) is 2.53. The fraction of sp³-hybridized carbons (Fsp3) is 0.409. The van der Waals surface area contributed by atoms with Gasteiger partial charge in [0, 0.05) is 6.54 Å². The highest BCUT2D eigenvalue weighted by molar-refractivity contribution is 5.63. The van der Waals surface area contributed by atoms with Gasteiger partial charge in [0.05, 0.1) is 5.36 Å². The second kappa shape index (κ2) is 6.70. The van der Waals surface area contributed by atoms with Crippen LogP contribution in [0.5, 0.6) is 0 Å². The van der Waals surface area contributed by atoms with Crippen LogP contribution in [0.2, 0.25) is 0 Å². The van der Waals surface area contributed by atoms with Crippen molar-refractivity contribution in [3.05, 3.63) is 70.3 Å². The number of hydrogen-bond acceptors (Lipinski definition) is 1. The molecule has 23 heavy (non-hydrogen) atoms. The number of rotatable bonds is 2. The maximum atomic E-state index is 4.63. The largest absolute Gasteiger partial charge is 0.285 e. The lowest BCUT2D eigenvalue weighted by Gasteiger charge is -2.21. The van der Waals surface area contributed by atoms with Crippen LogP contribution in [-0.2, 0) is 6.42 Å². The van der Waals surface area contributed by atoms with Crippen LogP contribution in [0.1, 0.15) is 45.6 Å². The highest BCUT2D eigenvalue weighted by atomic mass is 14.7. The zero-order chi connectivity index (χ0) is 16.3. The molecule has 1 aromatic carbocycles. The van der Waals surface area contributed by atoms with E-state index in [2.05, 4.69) is 74.3 Å². The summed E-state index contributed by atoms with van der Waals surface area (Å²) in [6.45, 7) is 7.85. The van der Waals surface area contributed by atoms with Gasteiger partial charge in [0.25, 0.3) is 0 Å². The van der Waals surface area contributed by atoms with E-state index >= 15 is 0 Å². The molecule has 3 rings (SSSR count). The van der Waals surface area contributed by atoms with Gasteiger partial charge < -0.3 is 0 Å². The molecule has 120 valence electrons. The predicted octanol–water partition coefficient (Wildman–Crippen LogP) is 4.28. The van der Waals surface area contributed by atoms with E-state index in [1.165, 1.54) is 40.1 Å². The lowest BCUT2D eigenvalue weighted by atomic mass is 9.84. The van der Waals surface area contributed by atoms with Crippen molar-refractivity contribution in [1.82, 2.24) is 0 Å². The predicted molar refractivity (Wildman–Crippen MR) is 98.9 cm³/mol. The second-order valence-corrected chi connectivity index (χ2v) is 7.51. The van der Waals surface area contributed by atoms with Crippen LogP contribution in [-0.4, -0.2) is 6.54 Å². The topological polar surface area (TPSA) is 12.4 Å². The number of aryl methyl sites for hydroxylation is 1. The van der Waals surface area contributed by atoms with Gasteiger partial charge in [0.15, 0.2) is 0 Å². The van der Waals surface area contributed by atoms with E-state index < -0.39 is 0 Å². The smallest absolute Gasteiger partial charge is 0.0606 e. The molecule has 0 saturated carbocycles. The zero-order valence-electron chi connectivity index (χ0n) is 14.6. The quantitative estimate of drug-likeness (QED) is 0.773. The lowest BCUT2D eigenvalue weighted by molar-refractivity contribution is 0.566. The van der Waals surface area contributed by atoms with Crippen molar-refractivity contribution in [3.63, 3.8) is 0 Å². The first kappa shape index (κ1) is 16.0. The minimum atomic E-state index is 0.121. The second-order valence-electron chi connectivity index (χ2n) is 7.51. The normalized spacial score (nSPS) is 19.2. The van der Waals surface area contributed by atoms with Gasteiger partial charge in [0.2, 0.25) is 0 Å². The minimum Gasteiger partial charge on any atom is -0.285 e. The van der Waals surface area contributed by atoms with E-state index in [1.54, 1.807) is 0 Å². The molecule has 0 amide bonds. The fourth-order valence-electron chi connectivity index (χ4n) is 3.29. The molecular weight excluding hydrogens is 278 g/mol. The molecular formula is C22H27N. The van der Waals surface area contributed by atoms with Crippen molar-refractivity contribution in [1.29, 1.82) is 0 Å². The average Bonchev–Trinajstić information content (AvgIpc) is 2.54. The average molecular weight is 305 g/mol. The Hall–Kier alpha value is -1.89. The van der Waals surface area contributed by atoms with Crippen molar-refractivity contribution >= 4 is 5.57 Å². The summed E-state index contributed by atoms with van der Waals surface area (Å²) < 4.78 is 0. The SMILES string of the molecule is CC(C)(C)/C(C=CC1=CCCC=C1)=c1/ccc2c(c1)CCCN=2. The molecule has 0 unspecified atom stereocenters. The van der Waals surface area contributed by atoms with Crippen LogP contribution < -0.4 is 10.6 Å². The van der Waals surface area contributed by atoms with E-state index in [4.69, 9.17) is 0 Å². The number of nitrogens with zero attached hydrogens (tertiary/aromatic N) is 1. The minimum absolute atomic E-state index is 0.121. The monoisotopic (exact) mass is 305 g/mol. The molecule has 1 aliphatic carbocycles. The van der Waals surface area contributed by atoms with Gasteiger partial charge in [-0.1, -0.05) is 57.2 Å². The Bertz CT molecular complexity index is 782. The fourth-order valence-corrected chi connectivity index (χ4v) is 3.29. The number of allylic oxidation sites excluding steroid dienone is 6. The molecule has 1 aliphatic heterocycles. The van der Waals surface area contributed by atoms with Gasteiger partial charge in [-0.3, -0.25) is 4.99 Å².